The molecule has 1 rings (SSSR count). The third-order valence-electron chi connectivity index (χ3n) is 2.44. The molecule has 1 aromatic carbocycles. The van der Waals surface area contributed by atoms with E-state index < -0.39 is 17.9 Å². The first-order valence-electron chi connectivity index (χ1n) is 5.47. The van der Waals surface area contributed by atoms with Gasteiger partial charge in [-0.15, -0.1) is 0 Å². The number of hydrogen-bond acceptors (Lipinski definition) is 5. The molecule has 0 aliphatic rings. The molecule has 4 N–H and O–H groups in total. The Morgan fingerprint density at radius 1 is 1.37 bits per heavy atom. The summed E-state index contributed by atoms with van der Waals surface area (Å²) in [5.74, 6) is -0.567. The van der Waals surface area contributed by atoms with Gasteiger partial charge in [0.1, 0.15) is 17.6 Å². The summed E-state index contributed by atoms with van der Waals surface area (Å²) in [5.41, 5.74) is 5.11. The summed E-state index contributed by atoms with van der Waals surface area (Å²) in [5, 5.41) is 11.6. The zero-order chi connectivity index (χ0) is 14.4. The van der Waals surface area contributed by atoms with E-state index in [4.69, 9.17) is 15.2 Å². The predicted molar refractivity (Wildman–Crippen MR) is 67.1 cm³/mol. The van der Waals surface area contributed by atoms with Crippen molar-refractivity contribution >= 4 is 11.8 Å². The number of hydrogen-bond donors (Lipinski definition) is 3. The van der Waals surface area contributed by atoms with Crippen LogP contribution in [0.2, 0.25) is 0 Å². The predicted octanol–water partition coefficient (Wildman–Crippen LogP) is -0.720. The Kier molecular flexibility index (Phi) is 5.13. The Morgan fingerprint density at radius 2 is 2.05 bits per heavy atom. The molecule has 0 aromatic heterocycles. The highest BCUT2D eigenvalue weighted by molar-refractivity contribution is 5.97. The lowest BCUT2D eigenvalue weighted by molar-refractivity contribution is -0.125. The first-order chi connectivity index (χ1) is 8.99. The van der Waals surface area contributed by atoms with Crippen molar-refractivity contribution < 1.29 is 24.2 Å². The SMILES string of the molecule is COc1ccc(OC)c(C(=O)NCC(O)C(N)=O)c1. The van der Waals surface area contributed by atoms with Crippen molar-refractivity contribution in [3.8, 4) is 11.5 Å². The van der Waals surface area contributed by atoms with Crippen molar-refractivity contribution in [1.29, 1.82) is 0 Å². The molecule has 0 heterocycles. The van der Waals surface area contributed by atoms with Crippen LogP contribution in [-0.2, 0) is 4.79 Å². The van der Waals surface area contributed by atoms with Crippen LogP contribution in [0.4, 0.5) is 0 Å². The fraction of sp³-hybridized carbons (Fsp3) is 0.333. The third kappa shape index (κ3) is 3.85. The van der Waals surface area contributed by atoms with Crippen LogP contribution in [0.25, 0.3) is 0 Å². The van der Waals surface area contributed by atoms with E-state index in [0.29, 0.717) is 11.5 Å². The number of benzene rings is 1. The average Bonchev–Trinajstić information content (AvgIpc) is 2.43. The molecule has 1 unspecified atom stereocenters. The number of amides is 2. The smallest absolute Gasteiger partial charge is 0.255 e. The van der Waals surface area contributed by atoms with Crippen molar-refractivity contribution in [1.82, 2.24) is 5.32 Å². The number of ether oxygens (including phenoxy) is 2. The number of methoxy groups -OCH3 is 2. The number of aliphatic hydroxyl groups excluding tert-OH is 1. The van der Waals surface area contributed by atoms with Crippen LogP contribution in [0, 0.1) is 0 Å². The van der Waals surface area contributed by atoms with Crippen molar-refractivity contribution in [2.24, 2.45) is 5.73 Å². The zero-order valence-corrected chi connectivity index (χ0v) is 10.7. The Labute approximate surface area is 110 Å². The summed E-state index contributed by atoms with van der Waals surface area (Å²) in [6.45, 7) is -0.269. The number of nitrogens with one attached hydrogen (secondary N) is 1. The van der Waals surface area contributed by atoms with Crippen LogP contribution in [0.1, 0.15) is 10.4 Å². The minimum absolute atomic E-state index is 0.235. The summed E-state index contributed by atoms with van der Waals surface area (Å²) < 4.78 is 10.1. The van der Waals surface area contributed by atoms with Crippen LogP contribution in [0.15, 0.2) is 18.2 Å². The molecule has 0 aliphatic carbocycles. The summed E-state index contributed by atoms with van der Waals surface area (Å²) in [4.78, 5) is 22.6. The molecule has 0 fully saturated rings. The maximum atomic E-state index is 11.9. The van der Waals surface area contributed by atoms with Crippen molar-refractivity contribution in [2.45, 2.75) is 6.10 Å². The van der Waals surface area contributed by atoms with Crippen LogP contribution >= 0.6 is 0 Å². The lowest BCUT2D eigenvalue weighted by Gasteiger charge is -2.12. The van der Waals surface area contributed by atoms with Gasteiger partial charge in [0.25, 0.3) is 5.91 Å². The summed E-state index contributed by atoms with van der Waals surface area (Å²) in [7, 11) is 2.90. The molecule has 7 heteroatoms. The first kappa shape index (κ1) is 14.8. The normalized spacial score (nSPS) is 11.5. The lowest BCUT2D eigenvalue weighted by atomic mass is 10.1. The number of primary amides is 1. The average molecular weight is 268 g/mol. The minimum Gasteiger partial charge on any atom is -0.497 e. The first-order valence-corrected chi connectivity index (χ1v) is 5.47. The van der Waals surface area contributed by atoms with Crippen molar-refractivity contribution in [2.75, 3.05) is 20.8 Å². The van der Waals surface area contributed by atoms with Crippen LogP contribution < -0.4 is 20.5 Å². The van der Waals surface area contributed by atoms with Gasteiger partial charge in [-0.05, 0) is 18.2 Å². The van der Waals surface area contributed by atoms with E-state index in [0.717, 1.165) is 0 Å². The number of aliphatic hydroxyl groups is 1. The molecule has 104 valence electrons. The zero-order valence-electron chi connectivity index (χ0n) is 10.7. The van der Waals surface area contributed by atoms with Gasteiger partial charge in [0.15, 0.2) is 0 Å². The molecule has 0 saturated heterocycles. The Balaban J connectivity index is 2.83. The molecule has 1 atom stereocenters. The quantitative estimate of drug-likeness (QED) is 0.630. The van der Waals surface area contributed by atoms with E-state index in [2.05, 4.69) is 5.32 Å². The van der Waals surface area contributed by atoms with Gasteiger partial charge in [0.2, 0.25) is 5.91 Å². The highest BCUT2D eigenvalue weighted by Crippen LogP contribution is 2.23. The third-order valence-corrected chi connectivity index (χ3v) is 2.44. The van der Waals surface area contributed by atoms with E-state index in [9.17, 15) is 14.7 Å². The molecular formula is C12H16N2O5. The fourth-order valence-electron chi connectivity index (χ4n) is 1.38. The minimum atomic E-state index is -1.43. The Bertz CT molecular complexity index is 475. The Hall–Kier alpha value is -2.28. The molecule has 0 saturated carbocycles. The molecular weight excluding hydrogens is 252 g/mol. The molecule has 7 nitrogen and oxygen atoms in total. The number of nitrogens with two attached hydrogens (primary N) is 1. The van der Waals surface area contributed by atoms with Gasteiger partial charge in [0, 0.05) is 0 Å². The van der Waals surface area contributed by atoms with E-state index in [1.807, 2.05) is 0 Å². The fourth-order valence-corrected chi connectivity index (χ4v) is 1.38. The summed E-state index contributed by atoms with van der Waals surface area (Å²) in [6, 6.07) is 4.72. The summed E-state index contributed by atoms with van der Waals surface area (Å²) >= 11 is 0. The highest BCUT2D eigenvalue weighted by Gasteiger charge is 2.16. The van der Waals surface area contributed by atoms with Crippen LogP contribution in [-0.4, -0.2) is 43.8 Å². The van der Waals surface area contributed by atoms with E-state index in [1.165, 1.54) is 20.3 Å². The molecule has 2 amide bonds. The maximum Gasteiger partial charge on any atom is 0.255 e. The van der Waals surface area contributed by atoms with Crippen molar-refractivity contribution in [3.63, 3.8) is 0 Å². The van der Waals surface area contributed by atoms with Crippen LogP contribution in [0.3, 0.4) is 0 Å². The number of carbonyl (C=O) groups is 2. The monoisotopic (exact) mass is 268 g/mol. The van der Waals surface area contributed by atoms with Crippen molar-refractivity contribution in [3.05, 3.63) is 23.8 Å². The van der Waals surface area contributed by atoms with E-state index in [-0.39, 0.29) is 12.1 Å². The number of rotatable bonds is 6. The highest BCUT2D eigenvalue weighted by atomic mass is 16.5. The molecule has 0 bridgehead atoms. The molecule has 1 aromatic rings. The van der Waals surface area contributed by atoms with Gasteiger partial charge >= 0.3 is 0 Å². The second-order valence-electron chi connectivity index (χ2n) is 3.69. The second kappa shape index (κ2) is 6.60. The molecule has 0 spiro atoms. The largest absolute Gasteiger partial charge is 0.497 e. The molecule has 0 radical (unpaired) electrons. The van der Waals surface area contributed by atoms with E-state index in [1.54, 1.807) is 12.1 Å². The van der Waals surface area contributed by atoms with Gasteiger partial charge in [-0.2, -0.15) is 0 Å². The van der Waals surface area contributed by atoms with Gasteiger partial charge in [-0.25, -0.2) is 0 Å². The Morgan fingerprint density at radius 3 is 2.58 bits per heavy atom. The van der Waals surface area contributed by atoms with E-state index >= 15 is 0 Å². The van der Waals surface area contributed by atoms with Gasteiger partial charge in [-0.3, -0.25) is 9.59 Å². The standard InChI is InChI=1S/C12H16N2O5/c1-18-7-3-4-10(19-2)8(5-7)12(17)14-6-9(15)11(13)16/h3-5,9,15H,6H2,1-2H3,(H2,13,16)(H,14,17). The van der Waals surface area contributed by atoms with Gasteiger partial charge < -0.3 is 25.6 Å². The number of carbonyl (C=O) groups excluding carboxylic acids is 2. The van der Waals surface area contributed by atoms with Gasteiger partial charge in [-0.1, -0.05) is 0 Å². The molecule has 0 aliphatic heterocycles. The maximum absolute atomic E-state index is 11.9. The summed E-state index contributed by atoms with van der Waals surface area (Å²) in [6.07, 6.45) is -1.43. The lowest BCUT2D eigenvalue weighted by Crippen LogP contribution is -2.40. The second-order valence-corrected chi connectivity index (χ2v) is 3.69. The van der Waals surface area contributed by atoms with Crippen LogP contribution in [0.5, 0.6) is 11.5 Å². The topological polar surface area (TPSA) is 111 Å². The van der Waals surface area contributed by atoms with Gasteiger partial charge in [0.05, 0.1) is 26.3 Å². The molecule has 19 heavy (non-hydrogen) atoms.